The zero-order chi connectivity index (χ0) is 13.2. The zero-order valence-electron chi connectivity index (χ0n) is 9.76. The predicted molar refractivity (Wildman–Crippen MR) is 81.7 cm³/mol. The number of nitrogens with zero attached hydrogens (tertiary/aromatic N) is 1. The SMILES string of the molecule is O=C(Nc1ccc2ncsc2c1)c1cccc(Br)c1. The van der Waals surface area contributed by atoms with Gasteiger partial charge in [-0.15, -0.1) is 11.3 Å². The highest BCUT2D eigenvalue weighted by Crippen LogP contribution is 2.22. The number of halogens is 1. The first-order valence-electron chi connectivity index (χ1n) is 5.62. The lowest BCUT2D eigenvalue weighted by Gasteiger charge is -2.05. The molecule has 0 saturated carbocycles. The van der Waals surface area contributed by atoms with Crippen LogP contribution in [0.4, 0.5) is 5.69 Å². The second kappa shape index (κ2) is 5.11. The molecule has 0 aliphatic rings. The molecule has 3 nitrogen and oxygen atoms in total. The molecule has 0 bridgehead atoms. The van der Waals surface area contributed by atoms with Gasteiger partial charge >= 0.3 is 0 Å². The number of hydrogen-bond donors (Lipinski definition) is 1. The lowest BCUT2D eigenvalue weighted by atomic mass is 10.2. The number of carbonyl (C=O) groups excluding carboxylic acids is 1. The second-order valence-corrected chi connectivity index (χ2v) is 5.80. The highest BCUT2D eigenvalue weighted by molar-refractivity contribution is 9.10. The van der Waals surface area contributed by atoms with E-state index in [2.05, 4.69) is 26.2 Å². The van der Waals surface area contributed by atoms with Crippen LogP contribution in [-0.2, 0) is 0 Å². The Morgan fingerprint density at radius 1 is 1.21 bits per heavy atom. The maximum atomic E-state index is 12.1. The van der Waals surface area contributed by atoms with Crippen LogP contribution in [0.3, 0.4) is 0 Å². The van der Waals surface area contributed by atoms with Crippen LogP contribution in [-0.4, -0.2) is 10.9 Å². The number of hydrogen-bond acceptors (Lipinski definition) is 3. The van der Waals surface area contributed by atoms with Crippen molar-refractivity contribution in [2.24, 2.45) is 0 Å². The molecule has 1 amide bonds. The highest BCUT2D eigenvalue weighted by atomic mass is 79.9. The van der Waals surface area contributed by atoms with Crippen molar-refractivity contribution in [3.63, 3.8) is 0 Å². The molecule has 19 heavy (non-hydrogen) atoms. The van der Waals surface area contributed by atoms with Crippen LogP contribution in [0.2, 0.25) is 0 Å². The summed E-state index contributed by atoms with van der Waals surface area (Å²) in [7, 11) is 0. The molecule has 0 radical (unpaired) electrons. The number of amides is 1. The van der Waals surface area contributed by atoms with E-state index < -0.39 is 0 Å². The molecule has 3 aromatic rings. The number of anilines is 1. The van der Waals surface area contributed by atoms with Gasteiger partial charge in [-0.2, -0.15) is 0 Å². The van der Waals surface area contributed by atoms with Gasteiger partial charge in [0.15, 0.2) is 0 Å². The summed E-state index contributed by atoms with van der Waals surface area (Å²) >= 11 is 4.91. The summed E-state index contributed by atoms with van der Waals surface area (Å²) in [6.45, 7) is 0. The van der Waals surface area contributed by atoms with E-state index in [0.717, 1.165) is 20.4 Å². The van der Waals surface area contributed by atoms with Crippen LogP contribution < -0.4 is 5.32 Å². The van der Waals surface area contributed by atoms with Crippen LogP contribution in [0.5, 0.6) is 0 Å². The molecular formula is C14H9BrN2OS. The third-order valence-corrected chi connectivity index (χ3v) is 3.96. The van der Waals surface area contributed by atoms with Crippen LogP contribution in [0.25, 0.3) is 10.2 Å². The smallest absolute Gasteiger partial charge is 0.255 e. The van der Waals surface area contributed by atoms with Gasteiger partial charge in [0.2, 0.25) is 0 Å². The number of carbonyl (C=O) groups is 1. The lowest BCUT2D eigenvalue weighted by molar-refractivity contribution is 0.102. The van der Waals surface area contributed by atoms with Crippen molar-refractivity contribution in [3.8, 4) is 0 Å². The van der Waals surface area contributed by atoms with Gasteiger partial charge < -0.3 is 5.32 Å². The molecule has 5 heteroatoms. The summed E-state index contributed by atoms with van der Waals surface area (Å²) in [6, 6.07) is 13.0. The van der Waals surface area contributed by atoms with E-state index in [1.165, 1.54) is 0 Å². The summed E-state index contributed by atoms with van der Waals surface area (Å²) < 4.78 is 1.95. The van der Waals surface area contributed by atoms with Crippen molar-refractivity contribution >= 4 is 49.1 Å². The fourth-order valence-electron chi connectivity index (χ4n) is 1.77. The molecule has 0 atom stereocenters. The summed E-state index contributed by atoms with van der Waals surface area (Å²) in [6.07, 6.45) is 0. The number of aromatic nitrogens is 1. The third kappa shape index (κ3) is 2.67. The standard InChI is InChI=1S/C14H9BrN2OS/c15-10-3-1-2-9(6-10)14(18)17-11-4-5-12-13(7-11)19-8-16-12/h1-8H,(H,17,18). The summed E-state index contributed by atoms with van der Waals surface area (Å²) in [5, 5.41) is 2.89. The van der Waals surface area contributed by atoms with Gasteiger partial charge in [0.1, 0.15) is 0 Å². The van der Waals surface area contributed by atoms with E-state index in [0.29, 0.717) is 5.56 Å². The molecule has 0 unspecified atom stereocenters. The van der Waals surface area contributed by atoms with E-state index in [-0.39, 0.29) is 5.91 Å². The normalized spacial score (nSPS) is 10.6. The Morgan fingerprint density at radius 3 is 2.95 bits per heavy atom. The lowest BCUT2D eigenvalue weighted by Crippen LogP contribution is -2.11. The summed E-state index contributed by atoms with van der Waals surface area (Å²) in [5.74, 6) is -0.120. The molecule has 1 aromatic heterocycles. The Morgan fingerprint density at radius 2 is 2.11 bits per heavy atom. The summed E-state index contributed by atoms with van der Waals surface area (Å²) in [5.41, 5.74) is 4.15. The Labute approximate surface area is 122 Å². The molecule has 0 aliphatic heterocycles. The largest absolute Gasteiger partial charge is 0.322 e. The number of fused-ring (bicyclic) bond motifs is 1. The Bertz CT molecular complexity index is 754. The van der Waals surface area contributed by atoms with Gasteiger partial charge in [-0.3, -0.25) is 4.79 Å². The fraction of sp³-hybridized carbons (Fsp3) is 0. The Hall–Kier alpha value is -1.72. The van der Waals surface area contributed by atoms with Crippen molar-refractivity contribution in [1.29, 1.82) is 0 Å². The quantitative estimate of drug-likeness (QED) is 0.759. The average molecular weight is 333 g/mol. The van der Waals surface area contributed by atoms with E-state index in [9.17, 15) is 4.79 Å². The minimum Gasteiger partial charge on any atom is -0.322 e. The molecule has 0 fully saturated rings. The molecule has 0 spiro atoms. The number of rotatable bonds is 2. The van der Waals surface area contributed by atoms with Crippen molar-refractivity contribution < 1.29 is 4.79 Å². The second-order valence-electron chi connectivity index (χ2n) is 4.00. The van der Waals surface area contributed by atoms with Gasteiger partial charge in [-0.25, -0.2) is 4.98 Å². The molecule has 0 aliphatic carbocycles. The minimum absolute atomic E-state index is 0.120. The van der Waals surface area contributed by atoms with E-state index in [1.807, 2.05) is 30.3 Å². The predicted octanol–water partition coefficient (Wildman–Crippen LogP) is 4.31. The minimum atomic E-state index is -0.120. The zero-order valence-corrected chi connectivity index (χ0v) is 12.2. The van der Waals surface area contributed by atoms with Crippen molar-refractivity contribution in [2.75, 3.05) is 5.32 Å². The Balaban J connectivity index is 1.86. The Kier molecular flexibility index (Phi) is 3.31. The van der Waals surface area contributed by atoms with Gasteiger partial charge in [-0.05, 0) is 36.4 Å². The summed E-state index contributed by atoms with van der Waals surface area (Å²) in [4.78, 5) is 16.3. The van der Waals surface area contributed by atoms with Gasteiger partial charge in [0, 0.05) is 15.7 Å². The van der Waals surface area contributed by atoms with Crippen LogP contribution in [0.1, 0.15) is 10.4 Å². The van der Waals surface area contributed by atoms with Crippen molar-refractivity contribution in [2.45, 2.75) is 0 Å². The first-order valence-corrected chi connectivity index (χ1v) is 7.30. The van der Waals surface area contributed by atoms with Crippen LogP contribution in [0.15, 0.2) is 52.4 Å². The van der Waals surface area contributed by atoms with Gasteiger partial charge in [0.25, 0.3) is 5.91 Å². The van der Waals surface area contributed by atoms with Crippen LogP contribution >= 0.6 is 27.3 Å². The van der Waals surface area contributed by atoms with E-state index >= 15 is 0 Å². The molecule has 1 N–H and O–H groups in total. The highest BCUT2D eigenvalue weighted by Gasteiger charge is 2.07. The monoisotopic (exact) mass is 332 g/mol. The molecule has 94 valence electrons. The third-order valence-electron chi connectivity index (χ3n) is 2.68. The van der Waals surface area contributed by atoms with Gasteiger partial charge in [0.05, 0.1) is 15.7 Å². The van der Waals surface area contributed by atoms with Gasteiger partial charge in [-0.1, -0.05) is 22.0 Å². The first kappa shape index (κ1) is 12.3. The van der Waals surface area contributed by atoms with Crippen molar-refractivity contribution in [1.82, 2.24) is 4.98 Å². The van der Waals surface area contributed by atoms with E-state index in [1.54, 1.807) is 29.0 Å². The molecule has 1 heterocycles. The maximum Gasteiger partial charge on any atom is 0.255 e. The molecule has 0 saturated heterocycles. The van der Waals surface area contributed by atoms with Crippen LogP contribution in [0, 0.1) is 0 Å². The molecule has 3 rings (SSSR count). The van der Waals surface area contributed by atoms with Crippen molar-refractivity contribution in [3.05, 3.63) is 58.0 Å². The van der Waals surface area contributed by atoms with E-state index in [4.69, 9.17) is 0 Å². The fourth-order valence-corrected chi connectivity index (χ4v) is 2.88. The first-order chi connectivity index (χ1) is 9.22. The topological polar surface area (TPSA) is 42.0 Å². The number of thiazole rings is 1. The average Bonchev–Trinajstić information content (AvgIpc) is 2.86. The maximum absolute atomic E-state index is 12.1. The number of benzene rings is 2. The molecular weight excluding hydrogens is 324 g/mol. The molecule has 2 aromatic carbocycles. The number of nitrogens with one attached hydrogen (secondary N) is 1.